The van der Waals surface area contributed by atoms with Crippen LogP contribution in [0.15, 0.2) is 138 Å². The van der Waals surface area contributed by atoms with Gasteiger partial charge in [0.1, 0.15) is 16.7 Å². The molecule has 1 unspecified atom stereocenters. The number of thioether (sulfide) groups is 1. The van der Waals surface area contributed by atoms with E-state index in [2.05, 4.69) is 22.9 Å². The molecule has 7 nitrogen and oxygen atoms in total. The average molecular weight is 725 g/mol. The number of anilines is 2. The van der Waals surface area contributed by atoms with Gasteiger partial charge in [-0.3, -0.25) is 14.4 Å². The van der Waals surface area contributed by atoms with Crippen LogP contribution in [0.5, 0.6) is 5.75 Å². The second-order valence-corrected chi connectivity index (χ2v) is 13.1. The van der Waals surface area contributed by atoms with Crippen LogP contribution in [0.3, 0.4) is 0 Å². The number of benzene rings is 5. The molecule has 0 saturated carbocycles. The predicted molar refractivity (Wildman–Crippen MR) is 204 cm³/mol. The summed E-state index contributed by atoms with van der Waals surface area (Å²) in [6, 6.07) is 37.5. The minimum Gasteiger partial charge on any atom is -0.494 e. The zero-order valence-corrected chi connectivity index (χ0v) is 29.5. The molecule has 0 saturated heterocycles. The van der Waals surface area contributed by atoms with Crippen molar-refractivity contribution < 1.29 is 19.1 Å². The predicted octanol–water partition coefficient (Wildman–Crippen LogP) is 10.1. The molecule has 3 N–H and O–H groups in total. The van der Waals surface area contributed by atoms with Gasteiger partial charge < -0.3 is 20.7 Å². The van der Waals surface area contributed by atoms with E-state index in [1.807, 2.05) is 66.7 Å². The summed E-state index contributed by atoms with van der Waals surface area (Å²) in [6.07, 6.45) is 3.48. The first kappa shape index (κ1) is 36.3. The number of amides is 3. The fraction of sp³-hybridized carbons (Fsp3) is 0.125. The molecule has 254 valence electrons. The zero-order valence-electron chi connectivity index (χ0n) is 27.2. The third kappa shape index (κ3) is 10.2. The summed E-state index contributed by atoms with van der Waals surface area (Å²) >= 11 is 14.1. The fourth-order valence-corrected chi connectivity index (χ4v) is 6.30. The van der Waals surface area contributed by atoms with E-state index < -0.39 is 17.1 Å². The highest BCUT2D eigenvalue weighted by Gasteiger charge is 2.23. The Bertz CT molecular complexity index is 1920. The molecule has 3 amide bonds. The van der Waals surface area contributed by atoms with Gasteiger partial charge in [-0.05, 0) is 90.9 Å². The smallest absolute Gasteiger partial charge is 0.272 e. The Morgan fingerprint density at radius 3 is 1.98 bits per heavy atom. The molecule has 5 rings (SSSR count). The molecule has 0 aliphatic carbocycles. The Labute approximate surface area is 306 Å². The van der Waals surface area contributed by atoms with Crippen molar-refractivity contribution in [3.63, 3.8) is 0 Å². The van der Waals surface area contributed by atoms with Crippen molar-refractivity contribution in [3.8, 4) is 5.75 Å². The number of hydrogen-bond acceptors (Lipinski definition) is 5. The van der Waals surface area contributed by atoms with Crippen molar-refractivity contribution in [2.45, 2.75) is 29.9 Å². The van der Waals surface area contributed by atoms with Crippen LogP contribution in [0.2, 0.25) is 10.0 Å². The Morgan fingerprint density at radius 2 is 1.34 bits per heavy atom. The normalized spacial score (nSPS) is 11.7. The number of hydrogen-bond donors (Lipinski definition) is 3. The summed E-state index contributed by atoms with van der Waals surface area (Å²) in [4.78, 5) is 41.0. The molecule has 0 spiro atoms. The summed E-state index contributed by atoms with van der Waals surface area (Å²) in [5.41, 5.74) is 2.71. The zero-order chi connectivity index (χ0) is 35.3. The highest BCUT2D eigenvalue weighted by atomic mass is 35.5. The lowest BCUT2D eigenvalue weighted by molar-refractivity contribution is -0.116. The van der Waals surface area contributed by atoms with Gasteiger partial charge in [-0.15, -0.1) is 11.8 Å². The maximum atomic E-state index is 13.6. The molecule has 5 aromatic rings. The second kappa shape index (κ2) is 18.1. The summed E-state index contributed by atoms with van der Waals surface area (Å²) in [5.74, 6) is -0.468. The Morgan fingerprint density at radius 1 is 0.740 bits per heavy atom. The lowest BCUT2D eigenvalue weighted by Crippen LogP contribution is -2.30. The van der Waals surface area contributed by atoms with Crippen LogP contribution < -0.4 is 20.7 Å². The van der Waals surface area contributed by atoms with Gasteiger partial charge in [-0.25, -0.2) is 0 Å². The maximum Gasteiger partial charge on any atom is 0.272 e. The fourth-order valence-electron chi connectivity index (χ4n) is 4.76. The van der Waals surface area contributed by atoms with Crippen molar-refractivity contribution >= 4 is 70.1 Å². The number of carbonyl (C=O) groups is 3. The number of rotatable bonds is 14. The average Bonchev–Trinajstić information content (AvgIpc) is 3.13. The molecule has 0 fully saturated rings. The molecular formula is C40H35Cl2N3O4S. The highest BCUT2D eigenvalue weighted by Crippen LogP contribution is 2.37. The van der Waals surface area contributed by atoms with Crippen LogP contribution in [-0.2, 0) is 9.59 Å². The Kier molecular flexibility index (Phi) is 13.1. The van der Waals surface area contributed by atoms with E-state index in [9.17, 15) is 14.4 Å². The van der Waals surface area contributed by atoms with Crippen molar-refractivity contribution in [1.82, 2.24) is 5.32 Å². The molecule has 50 heavy (non-hydrogen) atoms. The molecule has 0 heterocycles. The van der Waals surface area contributed by atoms with E-state index in [4.69, 9.17) is 27.9 Å². The van der Waals surface area contributed by atoms with Crippen molar-refractivity contribution in [3.05, 3.63) is 160 Å². The van der Waals surface area contributed by atoms with Crippen molar-refractivity contribution in [1.29, 1.82) is 0 Å². The molecule has 1 atom stereocenters. The van der Waals surface area contributed by atoms with Gasteiger partial charge in [0.2, 0.25) is 5.91 Å². The topological polar surface area (TPSA) is 96.5 Å². The second-order valence-electron chi connectivity index (χ2n) is 11.1. The van der Waals surface area contributed by atoms with Gasteiger partial charge in [0.15, 0.2) is 0 Å². The summed E-state index contributed by atoms with van der Waals surface area (Å²) < 4.78 is 5.74. The van der Waals surface area contributed by atoms with Gasteiger partial charge >= 0.3 is 0 Å². The SMILES string of the molecule is CCCCOc1ccc(NC(=O)C(Sc2ccc(NC(=O)/C(=C/c3c(Cl)cccc3Cl)NC(=O)c3ccccc3)cc2)c2ccccc2)cc1. The van der Waals surface area contributed by atoms with Crippen LogP contribution in [-0.4, -0.2) is 24.3 Å². The van der Waals surface area contributed by atoms with Crippen LogP contribution in [0.1, 0.15) is 46.5 Å². The van der Waals surface area contributed by atoms with E-state index in [0.29, 0.717) is 39.2 Å². The van der Waals surface area contributed by atoms with Gasteiger partial charge in [-0.1, -0.05) is 91.1 Å². The molecule has 0 aliphatic heterocycles. The first-order valence-corrected chi connectivity index (χ1v) is 17.6. The summed E-state index contributed by atoms with van der Waals surface area (Å²) in [5, 5.41) is 8.65. The number of nitrogens with one attached hydrogen (secondary N) is 3. The monoisotopic (exact) mass is 723 g/mol. The molecular weight excluding hydrogens is 689 g/mol. The maximum absolute atomic E-state index is 13.6. The van der Waals surface area contributed by atoms with Gasteiger partial charge in [0, 0.05) is 37.4 Å². The van der Waals surface area contributed by atoms with Crippen LogP contribution in [0.4, 0.5) is 11.4 Å². The van der Waals surface area contributed by atoms with E-state index in [1.165, 1.54) is 17.8 Å². The van der Waals surface area contributed by atoms with E-state index in [-0.39, 0.29) is 11.6 Å². The first-order chi connectivity index (χ1) is 24.3. The summed E-state index contributed by atoms with van der Waals surface area (Å²) in [6.45, 7) is 2.76. The highest BCUT2D eigenvalue weighted by molar-refractivity contribution is 8.00. The van der Waals surface area contributed by atoms with E-state index >= 15 is 0 Å². The largest absolute Gasteiger partial charge is 0.494 e. The van der Waals surface area contributed by atoms with Crippen LogP contribution >= 0.6 is 35.0 Å². The third-order valence-electron chi connectivity index (χ3n) is 7.41. The van der Waals surface area contributed by atoms with Gasteiger partial charge in [-0.2, -0.15) is 0 Å². The van der Waals surface area contributed by atoms with Gasteiger partial charge in [0.25, 0.3) is 11.8 Å². The first-order valence-electron chi connectivity index (χ1n) is 16.0. The standard InChI is InChI=1S/C40H35Cl2N3O4S/c1-2-3-25-49-31-21-17-29(18-22-31)44-40(48)37(27-11-6-4-7-12-27)50-32-23-19-30(20-24-32)43-39(47)36(26-33-34(41)15-10-16-35(33)42)45-38(46)28-13-8-5-9-14-28/h4-24,26,37H,2-3,25H2,1H3,(H,43,47)(H,44,48)(H,45,46)/b36-26-. The number of ether oxygens (including phenoxy) is 1. The molecule has 0 aromatic heterocycles. The molecule has 0 radical (unpaired) electrons. The number of carbonyl (C=O) groups excluding carboxylic acids is 3. The van der Waals surface area contributed by atoms with Crippen molar-refractivity contribution in [2.75, 3.05) is 17.2 Å². The Hall–Kier alpha value is -5.02. The van der Waals surface area contributed by atoms with Crippen LogP contribution in [0.25, 0.3) is 6.08 Å². The lowest BCUT2D eigenvalue weighted by atomic mass is 10.1. The van der Waals surface area contributed by atoms with Crippen molar-refractivity contribution in [2.24, 2.45) is 0 Å². The lowest BCUT2D eigenvalue weighted by Gasteiger charge is -2.18. The Balaban J connectivity index is 1.31. The quantitative estimate of drug-likeness (QED) is 0.0602. The molecule has 0 bridgehead atoms. The molecule has 10 heteroatoms. The van der Waals surface area contributed by atoms with E-state index in [0.717, 1.165) is 29.1 Å². The minimum atomic E-state index is -0.575. The molecule has 0 aliphatic rings. The third-order valence-corrected chi connectivity index (χ3v) is 9.34. The van der Waals surface area contributed by atoms with Gasteiger partial charge in [0.05, 0.1) is 6.61 Å². The summed E-state index contributed by atoms with van der Waals surface area (Å²) in [7, 11) is 0. The van der Waals surface area contributed by atoms with E-state index in [1.54, 1.807) is 60.7 Å². The number of unbranched alkanes of at least 4 members (excludes halogenated alkanes) is 1. The minimum absolute atomic E-state index is 0.0475. The van der Waals surface area contributed by atoms with Crippen LogP contribution in [0, 0.1) is 0 Å². The molecule has 5 aromatic carbocycles. The number of halogens is 2.